The van der Waals surface area contributed by atoms with Crippen molar-refractivity contribution in [1.29, 1.82) is 5.26 Å². The predicted molar refractivity (Wildman–Crippen MR) is 249 cm³/mol. The Morgan fingerprint density at radius 2 is 1.39 bits per heavy atom. The number of nitrogens with one attached hydrogen (secondary N) is 1. The second kappa shape index (κ2) is 24.8. The molecule has 1 aliphatic rings. The van der Waals surface area contributed by atoms with Crippen molar-refractivity contribution < 1.29 is 51.9 Å². The average Bonchev–Trinajstić information content (AvgIpc) is 3.63. The number of aromatic nitrogens is 2. The second-order valence-electron chi connectivity index (χ2n) is 16.4. The molecule has 1 aliphatic heterocycles. The van der Waals surface area contributed by atoms with Gasteiger partial charge in [-0.25, -0.2) is 9.46 Å². The molecule has 0 bridgehead atoms. The molecule has 0 aliphatic carbocycles. The number of amides is 1. The maximum Gasteiger partial charge on any atom is 0.351 e. The Bertz CT molecular complexity index is 2320. The molecular formula is C49H60N5O12P. The van der Waals surface area contributed by atoms with Crippen molar-refractivity contribution in [3.63, 3.8) is 0 Å². The third-order valence-corrected chi connectivity index (χ3v) is 12.9. The topological polar surface area (TPSA) is 207 Å². The van der Waals surface area contributed by atoms with Gasteiger partial charge in [-0.3, -0.25) is 14.2 Å². The van der Waals surface area contributed by atoms with Crippen LogP contribution in [-0.2, 0) is 48.0 Å². The van der Waals surface area contributed by atoms with Crippen LogP contribution in [0.4, 0.5) is 5.82 Å². The summed E-state index contributed by atoms with van der Waals surface area (Å²) in [5.41, 5.74) is -0.0336. The van der Waals surface area contributed by atoms with Gasteiger partial charge in [-0.15, -0.1) is 0 Å². The second-order valence-corrected chi connectivity index (χ2v) is 17.8. The highest BCUT2D eigenvalue weighted by Crippen LogP contribution is 2.51. The standard InChI is InChI=1S/C49H60N5O12P/c1-32(2)54(33(3)4)67(63-30-12-28-50)66-46-45(65-44(58)26-16-35(6)56)41(64-47(46)53-29-27-42(52-48(53)59)51-43(57)25-15-34(5)55)31-62-49(36-13-10-9-11-14-36,37-17-21-39(60-7)22-18-37)38-19-23-40(61-8)24-20-38/h9-11,13-14,17-24,27,29,32-33,41,45-47H,12,15-16,25-26,30-31H2,1-8H3,(H,51,52,57,59)/t41-,45-,46-,47-,67?/m1/s1. The van der Waals surface area contributed by atoms with Crippen LogP contribution in [0.1, 0.15) is 96.6 Å². The number of esters is 1. The van der Waals surface area contributed by atoms with Crippen molar-refractivity contribution in [3.8, 4) is 17.6 Å². The van der Waals surface area contributed by atoms with Crippen LogP contribution in [0.3, 0.4) is 0 Å². The molecule has 5 atom stereocenters. The third-order valence-electron chi connectivity index (χ3n) is 10.8. The molecule has 18 heteroatoms. The van der Waals surface area contributed by atoms with Gasteiger partial charge in [0.25, 0.3) is 8.53 Å². The van der Waals surface area contributed by atoms with Crippen LogP contribution in [0.15, 0.2) is 95.9 Å². The summed E-state index contributed by atoms with van der Waals surface area (Å²) in [6.07, 6.45) is -4.08. The zero-order chi connectivity index (χ0) is 48.7. The van der Waals surface area contributed by atoms with Crippen LogP contribution >= 0.6 is 8.53 Å². The number of nitriles is 1. The summed E-state index contributed by atoms with van der Waals surface area (Å²) in [6.45, 7) is 10.3. The van der Waals surface area contributed by atoms with Gasteiger partial charge in [-0.1, -0.05) is 54.6 Å². The first-order chi connectivity index (χ1) is 32.1. The summed E-state index contributed by atoms with van der Waals surface area (Å²) in [7, 11) is 1.11. The predicted octanol–water partition coefficient (Wildman–Crippen LogP) is 7.42. The minimum atomic E-state index is -2.05. The van der Waals surface area contributed by atoms with Crippen LogP contribution in [0, 0.1) is 11.3 Å². The van der Waals surface area contributed by atoms with Gasteiger partial charge in [0.05, 0.1) is 46.3 Å². The van der Waals surface area contributed by atoms with Gasteiger partial charge in [0.15, 0.2) is 18.4 Å². The van der Waals surface area contributed by atoms with Crippen molar-refractivity contribution in [3.05, 3.63) is 118 Å². The first kappa shape index (κ1) is 52.1. The molecule has 1 N–H and O–H groups in total. The molecular weight excluding hydrogens is 882 g/mol. The summed E-state index contributed by atoms with van der Waals surface area (Å²) < 4.78 is 47.8. The molecule has 0 spiro atoms. The summed E-state index contributed by atoms with van der Waals surface area (Å²) in [5.74, 6) is -0.449. The molecule has 17 nitrogen and oxygen atoms in total. The van der Waals surface area contributed by atoms with E-state index in [-0.39, 0.29) is 74.8 Å². The molecule has 67 heavy (non-hydrogen) atoms. The highest BCUT2D eigenvalue weighted by molar-refractivity contribution is 7.44. The first-order valence-electron chi connectivity index (χ1n) is 22.1. The Morgan fingerprint density at radius 3 is 1.91 bits per heavy atom. The molecule has 1 saturated heterocycles. The van der Waals surface area contributed by atoms with Crippen molar-refractivity contribution in [2.45, 2.75) is 116 Å². The van der Waals surface area contributed by atoms with Crippen LogP contribution in [-0.4, -0.2) is 95.5 Å². The van der Waals surface area contributed by atoms with Crippen LogP contribution in [0.25, 0.3) is 0 Å². The van der Waals surface area contributed by atoms with Gasteiger partial charge in [0.2, 0.25) is 5.91 Å². The smallest absolute Gasteiger partial charge is 0.351 e. The lowest BCUT2D eigenvalue weighted by Crippen LogP contribution is -2.44. The molecule has 1 unspecified atom stereocenters. The normalized spacial score (nSPS) is 17.5. The lowest BCUT2D eigenvalue weighted by Gasteiger charge is -2.38. The highest BCUT2D eigenvalue weighted by atomic mass is 31.2. The van der Waals surface area contributed by atoms with E-state index in [1.165, 1.54) is 30.7 Å². The Kier molecular flexibility index (Phi) is 19.3. The zero-order valence-corrected chi connectivity index (χ0v) is 40.1. The largest absolute Gasteiger partial charge is 0.497 e. The lowest BCUT2D eigenvalue weighted by molar-refractivity contribution is -0.159. The number of hydrogen-bond donors (Lipinski definition) is 1. The fourth-order valence-corrected chi connectivity index (χ4v) is 9.40. The highest BCUT2D eigenvalue weighted by Gasteiger charge is 2.53. The van der Waals surface area contributed by atoms with Gasteiger partial charge >= 0.3 is 11.7 Å². The first-order valence-corrected chi connectivity index (χ1v) is 23.2. The Morgan fingerprint density at radius 1 is 0.821 bits per heavy atom. The monoisotopic (exact) mass is 941 g/mol. The molecule has 2 heterocycles. The van der Waals surface area contributed by atoms with Crippen LogP contribution < -0.4 is 20.5 Å². The number of Topliss-reactive ketones (excluding diaryl/α,β-unsaturated/α-hetero) is 2. The van der Waals surface area contributed by atoms with Crippen molar-refractivity contribution in [2.75, 3.05) is 32.8 Å². The Labute approximate surface area is 392 Å². The van der Waals surface area contributed by atoms with Crippen LogP contribution in [0.5, 0.6) is 11.5 Å². The summed E-state index contributed by atoms with van der Waals surface area (Å²) >= 11 is 0. The maximum absolute atomic E-state index is 14.1. The number of nitrogens with zero attached hydrogens (tertiary/aromatic N) is 4. The van der Waals surface area contributed by atoms with E-state index < -0.39 is 56.2 Å². The Balaban J connectivity index is 1.69. The molecule has 0 radical (unpaired) electrons. The lowest BCUT2D eigenvalue weighted by atomic mass is 9.80. The van der Waals surface area contributed by atoms with Gasteiger partial charge < -0.3 is 47.6 Å². The molecule has 4 aromatic rings. The zero-order valence-electron chi connectivity index (χ0n) is 39.2. The minimum Gasteiger partial charge on any atom is -0.497 e. The number of benzene rings is 3. The number of carbonyl (C=O) groups is 4. The maximum atomic E-state index is 14.1. The number of hydrogen-bond acceptors (Lipinski definition) is 15. The number of rotatable bonds is 25. The Hall–Kier alpha value is -5.86. The molecule has 1 amide bonds. The van der Waals surface area contributed by atoms with Crippen molar-refractivity contribution in [2.24, 2.45) is 0 Å². The average molecular weight is 942 g/mol. The van der Waals surface area contributed by atoms with E-state index in [1.54, 1.807) is 14.2 Å². The number of anilines is 1. The number of ketones is 2. The third kappa shape index (κ3) is 13.6. The minimum absolute atomic E-state index is 0.00877. The molecule has 3 aromatic carbocycles. The van der Waals surface area contributed by atoms with Crippen molar-refractivity contribution in [1.82, 2.24) is 14.2 Å². The van der Waals surface area contributed by atoms with E-state index in [2.05, 4.69) is 16.4 Å². The quantitative estimate of drug-likeness (QED) is 0.0297. The molecule has 358 valence electrons. The SMILES string of the molecule is COc1ccc(C(OC[C@H]2O[C@@H](n3ccc(NC(=O)CCC(C)=O)nc3=O)[C@H](OP(OCCC#N)N(C(C)C)C(C)C)[C@@H]2OC(=O)CCC(C)=O)(c2ccccc2)c2ccc(OC)cc2)cc1. The number of methoxy groups -OCH3 is 2. The molecule has 0 saturated carbocycles. The van der Waals surface area contributed by atoms with E-state index >= 15 is 0 Å². The van der Waals surface area contributed by atoms with E-state index in [0.717, 1.165) is 5.56 Å². The van der Waals surface area contributed by atoms with Gasteiger partial charge in [0.1, 0.15) is 40.6 Å². The summed E-state index contributed by atoms with van der Waals surface area (Å²) in [6, 6.07) is 27.6. The summed E-state index contributed by atoms with van der Waals surface area (Å²) in [5, 5.41) is 12.0. The number of carbonyl (C=O) groups excluding carboxylic acids is 4. The number of ether oxygens (including phenoxy) is 5. The van der Waals surface area contributed by atoms with Crippen molar-refractivity contribution >= 4 is 37.8 Å². The fourth-order valence-electron chi connectivity index (χ4n) is 7.66. The van der Waals surface area contributed by atoms with E-state index in [9.17, 15) is 29.2 Å². The van der Waals surface area contributed by atoms with Crippen LogP contribution in [0.2, 0.25) is 0 Å². The fraction of sp³-hybridized carbons (Fsp3) is 0.449. The molecule has 1 fully saturated rings. The van der Waals surface area contributed by atoms with Gasteiger partial charge in [-0.2, -0.15) is 10.2 Å². The van der Waals surface area contributed by atoms with Gasteiger partial charge in [0, 0.05) is 37.5 Å². The van der Waals surface area contributed by atoms with E-state index in [1.807, 2.05) is 111 Å². The molecule has 1 aromatic heterocycles. The van der Waals surface area contributed by atoms with E-state index in [4.69, 9.17) is 32.7 Å². The molecule has 5 rings (SSSR count). The van der Waals surface area contributed by atoms with Gasteiger partial charge in [-0.05, 0) is 88.6 Å². The summed E-state index contributed by atoms with van der Waals surface area (Å²) in [4.78, 5) is 68.3. The van der Waals surface area contributed by atoms with E-state index in [0.29, 0.717) is 22.6 Å².